The molecule has 0 spiro atoms. The van der Waals surface area contributed by atoms with Gasteiger partial charge in [-0.15, -0.1) is 24.8 Å². The number of ether oxygens (including phenoxy) is 2. The third-order valence-corrected chi connectivity index (χ3v) is 5.23. The molecule has 1 amide bonds. The number of amides is 1. The van der Waals surface area contributed by atoms with Gasteiger partial charge in [0.1, 0.15) is 11.5 Å². The van der Waals surface area contributed by atoms with Crippen molar-refractivity contribution in [1.82, 2.24) is 9.80 Å². The molecule has 1 aliphatic heterocycles. The normalized spacial score (nSPS) is 14.8. The molecule has 1 fully saturated rings. The zero-order chi connectivity index (χ0) is 19.9. The Balaban J connectivity index is 0.00000225. The molecule has 0 aliphatic carbocycles. The van der Waals surface area contributed by atoms with Crippen LogP contribution in [0.15, 0.2) is 48.5 Å². The Hall–Kier alpha value is -1.99. The fourth-order valence-electron chi connectivity index (χ4n) is 3.54. The summed E-state index contributed by atoms with van der Waals surface area (Å²) in [5.41, 5.74) is 8.30. The van der Waals surface area contributed by atoms with E-state index in [1.54, 1.807) is 14.2 Å². The topological polar surface area (TPSA) is 68.0 Å². The van der Waals surface area contributed by atoms with Gasteiger partial charge in [0.15, 0.2) is 0 Å². The summed E-state index contributed by atoms with van der Waals surface area (Å²) in [4.78, 5) is 16.9. The SMILES string of the molecule is COc1ccc(OC)c(CN2CCN(C(=O)CC(N)c3ccccc3)CC2)c1.Cl.Cl. The van der Waals surface area contributed by atoms with E-state index in [-0.39, 0.29) is 36.8 Å². The number of rotatable bonds is 7. The first-order valence-corrected chi connectivity index (χ1v) is 9.62. The van der Waals surface area contributed by atoms with Crippen LogP contribution in [-0.2, 0) is 11.3 Å². The summed E-state index contributed by atoms with van der Waals surface area (Å²) in [5.74, 6) is 1.79. The van der Waals surface area contributed by atoms with Crippen molar-refractivity contribution in [2.75, 3.05) is 40.4 Å². The van der Waals surface area contributed by atoms with Gasteiger partial charge in [-0.3, -0.25) is 9.69 Å². The number of piperazine rings is 1. The number of hydrogen-bond acceptors (Lipinski definition) is 5. The molecule has 0 saturated carbocycles. The van der Waals surface area contributed by atoms with Crippen LogP contribution in [0.25, 0.3) is 0 Å². The molecule has 1 atom stereocenters. The fraction of sp³-hybridized carbons (Fsp3) is 0.409. The first-order valence-electron chi connectivity index (χ1n) is 9.62. The second-order valence-electron chi connectivity index (χ2n) is 7.06. The van der Waals surface area contributed by atoms with E-state index < -0.39 is 0 Å². The molecule has 1 heterocycles. The highest BCUT2D eigenvalue weighted by atomic mass is 35.5. The minimum absolute atomic E-state index is 0. The molecule has 3 rings (SSSR count). The zero-order valence-electron chi connectivity index (χ0n) is 17.5. The first kappa shape index (κ1) is 26.0. The molecule has 8 heteroatoms. The molecule has 1 saturated heterocycles. The van der Waals surface area contributed by atoms with E-state index >= 15 is 0 Å². The molecule has 30 heavy (non-hydrogen) atoms. The zero-order valence-corrected chi connectivity index (χ0v) is 19.1. The third-order valence-electron chi connectivity index (χ3n) is 5.23. The number of carbonyl (C=O) groups is 1. The van der Waals surface area contributed by atoms with Crippen LogP contribution in [0.2, 0.25) is 0 Å². The van der Waals surface area contributed by atoms with Crippen LogP contribution in [-0.4, -0.2) is 56.1 Å². The van der Waals surface area contributed by atoms with Gasteiger partial charge in [-0.2, -0.15) is 0 Å². The predicted octanol–water partition coefficient (Wildman–Crippen LogP) is 3.28. The Morgan fingerprint density at radius 1 is 1.00 bits per heavy atom. The Morgan fingerprint density at radius 2 is 1.67 bits per heavy atom. The van der Waals surface area contributed by atoms with Gasteiger partial charge in [0, 0.05) is 50.7 Å². The maximum absolute atomic E-state index is 12.6. The fourth-order valence-corrected chi connectivity index (χ4v) is 3.54. The lowest BCUT2D eigenvalue weighted by atomic mass is 10.0. The molecule has 6 nitrogen and oxygen atoms in total. The molecule has 1 aliphatic rings. The summed E-state index contributed by atoms with van der Waals surface area (Å²) in [6.45, 7) is 3.85. The molecule has 0 radical (unpaired) electrons. The van der Waals surface area contributed by atoms with Crippen LogP contribution in [0, 0.1) is 0 Å². The quantitative estimate of drug-likeness (QED) is 0.693. The van der Waals surface area contributed by atoms with Crippen LogP contribution in [0.5, 0.6) is 11.5 Å². The van der Waals surface area contributed by atoms with Crippen molar-refractivity contribution in [1.29, 1.82) is 0 Å². The summed E-state index contributed by atoms with van der Waals surface area (Å²) in [7, 11) is 3.34. The molecular formula is C22H31Cl2N3O3. The standard InChI is InChI=1S/C22H29N3O3.2ClH/c1-27-19-8-9-21(28-2)18(14-19)16-24-10-12-25(13-11-24)22(26)15-20(23)17-6-4-3-5-7-17;;/h3-9,14,20H,10-13,15-16,23H2,1-2H3;2*1H. The summed E-state index contributed by atoms with van der Waals surface area (Å²) in [6.07, 6.45) is 0.341. The van der Waals surface area contributed by atoms with E-state index in [1.807, 2.05) is 53.4 Å². The summed E-state index contributed by atoms with van der Waals surface area (Å²) in [5, 5.41) is 0. The number of methoxy groups -OCH3 is 2. The van der Waals surface area contributed by atoms with Gasteiger partial charge in [-0.25, -0.2) is 0 Å². The lowest BCUT2D eigenvalue weighted by Gasteiger charge is -2.35. The number of nitrogens with zero attached hydrogens (tertiary/aromatic N) is 2. The van der Waals surface area contributed by atoms with Crippen molar-refractivity contribution in [3.63, 3.8) is 0 Å². The Bertz CT molecular complexity index is 784. The van der Waals surface area contributed by atoms with Crippen LogP contribution < -0.4 is 15.2 Å². The lowest BCUT2D eigenvalue weighted by molar-refractivity contribution is -0.133. The maximum atomic E-state index is 12.6. The van der Waals surface area contributed by atoms with Gasteiger partial charge in [-0.1, -0.05) is 30.3 Å². The van der Waals surface area contributed by atoms with Gasteiger partial charge in [0.05, 0.1) is 14.2 Å². The van der Waals surface area contributed by atoms with Crippen molar-refractivity contribution >= 4 is 30.7 Å². The summed E-state index contributed by atoms with van der Waals surface area (Å²) >= 11 is 0. The highest BCUT2D eigenvalue weighted by Crippen LogP contribution is 2.26. The smallest absolute Gasteiger partial charge is 0.224 e. The minimum Gasteiger partial charge on any atom is -0.497 e. The van der Waals surface area contributed by atoms with Crippen LogP contribution in [0.3, 0.4) is 0 Å². The Morgan fingerprint density at radius 3 is 2.27 bits per heavy atom. The van der Waals surface area contributed by atoms with Crippen molar-refractivity contribution in [2.24, 2.45) is 5.73 Å². The van der Waals surface area contributed by atoms with E-state index in [9.17, 15) is 4.79 Å². The number of nitrogens with two attached hydrogens (primary N) is 1. The molecule has 2 aromatic rings. The van der Waals surface area contributed by atoms with Gasteiger partial charge in [0.2, 0.25) is 5.91 Å². The number of benzene rings is 2. The van der Waals surface area contributed by atoms with Crippen LogP contribution in [0.4, 0.5) is 0 Å². The molecule has 2 N–H and O–H groups in total. The molecule has 1 unspecified atom stereocenters. The van der Waals surface area contributed by atoms with Gasteiger partial charge in [-0.05, 0) is 23.8 Å². The number of halogens is 2. The van der Waals surface area contributed by atoms with Crippen LogP contribution >= 0.6 is 24.8 Å². The number of hydrogen-bond donors (Lipinski definition) is 1. The lowest BCUT2D eigenvalue weighted by Crippen LogP contribution is -2.48. The summed E-state index contributed by atoms with van der Waals surface area (Å²) < 4.78 is 10.8. The highest BCUT2D eigenvalue weighted by molar-refractivity contribution is 5.85. The van der Waals surface area contributed by atoms with E-state index in [1.165, 1.54) is 0 Å². The van der Waals surface area contributed by atoms with Gasteiger partial charge in [0.25, 0.3) is 0 Å². The molecular weight excluding hydrogens is 425 g/mol. The molecule has 0 bridgehead atoms. The highest BCUT2D eigenvalue weighted by Gasteiger charge is 2.23. The Labute approximate surface area is 191 Å². The van der Waals surface area contributed by atoms with E-state index in [2.05, 4.69) is 4.90 Å². The van der Waals surface area contributed by atoms with Crippen molar-refractivity contribution in [3.05, 3.63) is 59.7 Å². The third kappa shape index (κ3) is 6.77. The van der Waals surface area contributed by atoms with Crippen LogP contribution in [0.1, 0.15) is 23.6 Å². The minimum atomic E-state index is -0.257. The Kier molecular flexibility index (Phi) is 11.0. The van der Waals surface area contributed by atoms with E-state index in [4.69, 9.17) is 15.2 Å². The van der Waals surface area contributed by atoms with Crippen molar-refractivity contribution < 1.29 is 14.3 Å². The van der Waals surface area contributed by atoms with Gasteiger partial charge >= 0.3 is 0 Å². The second kappa shape index (κ2) is 12.6. The average Bonchev–Trinajstić information content (AvgIpc) is 2.74. The second-order valence-corrected chi connectivity index (χ2v) is 7.06. The van der Waals surface area contributed by atoms with E-state index in [0.29, 0.717) is 19.5 Å². The van der Waals surface area contributed by atoms with Crippen molar-refractivity contribution in [2.45, 2.75) is 19.0 Å². The molecule has 0 aromatic heterocycles. The predicted molar refractivity (Wildman–Crippen MR) is 124 cm³/mol. The number of carbonyl (C=O) groups excluding carboxylic acids is 1. The summed E-state index contributed by atoms with van der Waals surface area (Å²) in [6, 6.07) is 15.4. The van der Waals surface area contributed by atoms with Gasteiger partial charge < -0.3 is 20.1 Å². The molecule has 2 aromatic carbocycles. The monoisotopic (exact) mass is 455 g/mol. The van der Waals surface area contributed by atoms with Crippen molar-refractivity contribution in [3.8, 4) is 11.5 Å². The first-order chi connectivity index (χ1) is 13.6. The average molecular weight is 456 g/mol. The maximum Gasteiger partial charge on any atom is 0.224 e. The largest absolute Gasteiger partial charge is 0.497 e. The molecule has 166 valence electrons. The van der Waals surface area contributed by atoms with E-state index in [0.717, 1.165) is 42.3 Å².